The molecule has 2 aromatic rings. The van der Waals surface area contributed by atoms with Crippen LogP contribution in [0.1, 0.15) is 21.5 Å². The van der Waals surface area contributed by atoms with Gasteiger partial charge in [-0.2, -0.15) is 0 Å². The van der Waals surface area contributed by atoms with Gasteiger partial charge in [-0.15, -0.1) is 0 Å². The van der Waals surface area contributed by atoms with Crippen molar-refractivity contribution >= 4 is 15.9 Å². The van der Waals surface area contributed by atoms with Crippen LogP contribution in [0.15, 0.2) is 47.4 Å². The SMILES string of the molecule is COc1cc(C(=O)NCCNS(=O)(=O)c2ccc(C)cc2)ccc1C. The Hall–Kier alpha value is -2.38. The number of hydrogen-bond donors (Lipinski definition) is 2. The fraction of sp³-hybridized carbons (Fsp3) is 0.278. The van der Waals surface area contributed by atoms with Crippen LogP contribution in [0.25, 0.3) is 0 Å². The highest BCUT2D eigenvalue weighted by atomic mass is 32.2. The molecule has 2 aromatic carbocycles. The van der Waals surface area contributed by atoms with E-state index in [1.54, 1.807) is 49.6 Å². The van der Waals surface area contributed by atoms with E-state index in [1.807, 2.05) is 13.8 Å². The van der Waals surface area contributed by atoms with Gasteiger partial charge in [0.2, 0.25) is 10.0 Å². The molecular formula is C18H22N2O4S. The van der Waals surface area contributed by atoms with E-state index in [1.165, 1.54) is 0 Å². The van der Waals surface area contributed by atoms with Gasteiger partial charge >= 0.3 is 0 Å². The lowest BCUT2D eigenvalue weighted by atomic mass is 10.1. The number of carbonyl (C=O) groups excluding carboxylic acids is 1. The van der Waals surface area contributed by atoms with Crippen LogP contribution < -0.4 is 14.8 Å². The van der Waals surface area contributed by atoms with E-state index in [9.17, 15) is 13.2 Å². The largest absolute Gasteiger partial charge is 0.496 e. The predicted octanol–water partition coefficient (Wildman–Crippen LogP) is 2.02. The number of amides is 1. The van der Waals surface area contributed by atoms with Crippen LogP contribution in [-0.2, 0) is 10.0 Å². The normalized spacial score (nSPS) is 11.2. The first-order valence-corrected chi connectivity index (χ1v) is 9.31. The van der Waals surface area contributed by atoms with Gasteiger partial charge < -0.3 is 10.1 Å². The lowest BCUT2D eigenvalue weighted by molar-refractivity contribution is 0.0954. The summed E-state index contributed by atoms with van der Waals surface area (Å²) in [6, 6.07) is 11.7. The van der Waals surface area contributed by atoms with Crippen molar-refractivity contribution in [2.75, 3.05) is 20.2 Å². The fourth-order valence-electron chi connectivity index (χ4n) is 2.23. The van der Waals surface area contributed by atoms with Crippen molar-refractivity contribution in [2.24, 2.45) is 0 Å². The van der Waals surface area contributed by atoms with Crippen molar-refractivity contribution in [2.45, 2.75) is 18.7 Å². The first-order valence-electron chi connectivity index (χ1n) is 7.82. The third kappa shape index (κ3) is 5.04. The maximum Gasteiger partial charge on any atom is 0.251 e. The van der Waals surface area contributed by atoms with Gasteiger partial charge in [-0.1, -0.05) is 23.8 Å². The number of nitrogens with one attached hydrogen (secondary N) is 2. The van der Waals surface area contributed by atoms with Gasteiger partial charge in [0.05, 0.1) is 12.0 Å². The minimum absolute atomic E-state index is 0.102. The zero-order valence-corrected chi connectivity index (χ0v) is 15.3. The van der Waals surface area contributed by atoms with Crippen molar-refractivity contribution in [3.8, 4) is 5.75 Å². The smallest absolute Gasteiger partial charge is 0.251 e. The molecule has 0 spiro atoms. The van der Waals surface area contributed by atoms with Gasteiger partial charge in [0.1, 0.15) is 5.75 Å². The molecule has 134 valence electrons. The summed E-state index contributed by atoms with van der Waals surface area (Å²) in [5.74, 6) is 0.348. The van der Waals surface area contributed by atoms with E-state index < -0.39 is 10.0 Å². The van der Waals surface area contributed by atoms with E-state index in [0.29, 0.717) is 11.3 Å². The number of rotatable bonds is 7. The molecule has 25 heavy (non-hydrogen) atoms. The number of methoxy groups -OCH3 is 1. The lowest BCUT2D eigenvalue weighted by Crippen LogP contribution is -2.34. The summed E-state index contributed by atoms with van der Waals surface area (Å²) in [6.45, 7) is 4.06. The van der Waals surface area contributed by atoms with E-state index >= 15 is 0 Å². The number of sulfonamides is 1. The standard InChI is InChI=1S/C18H22N2O4S/c1-13-4-8-16(9-5-13)25(22,23)20-11-10-19-18(21)15-7-6-14(2)17(12-15)24-3/h4-9,12,20H,10-11H2,1-3H3,(H,19,21). The Balaban J connectivity index is 1.88. The summed E-state index contributed by atoms with van der Waals surface area (Å²) in [6.07, 6.45) is 0. The number of carbonyl (C=O) groups is 1. The highest BCUT2D eigenvalue weighted by molar-refractivity contribution is 7.89. The summed E-state index contributed by atoms with van der Waals surface area (Å²) in [4.78, 5) is 12.3. The van der Waals surface area contributed by atoms with Crippen molar-refractivity contribution in [1.82, 2.24) is 10.0 Å². The summed E-state index contributed by atoms with van der Waals surface area (Å²) < 4.78 is 31.9. The molecule has 0 fully saturated rings. The van der Waals surface area contributed by atoms with Crippen LogP contribution in [0.5, 0.6) is 5.75 Å². The van der Waals surface area contributed by atoms with E-state index in [2.05, 4.69) is 10.0 Å². The molecule has 0 bridgehead atoms. The molecule has 1 amide bonds. The summed E-state index contributed by atoms with van der Waals surface area (Å²) in [7, 11) is -2.03. The molecule has 0 radical (unpaired) electrons. The molecule has 0 aromatic heterocycles. The molecule has 2 rings (SSSR count). The van der Waals surface area contributed by atoms with Gasteiger partial charge in [-0.25, -0.2) is 13.1 Å². The van der Waals surface area contributed by atoms with Crippen LogP contribution in [-0.4, -0.2) is 34.5 Å². The maximum atomic E-state index is 12.1. The second-order valence-corrected chi connectivity index (χ2v) is 7.42. The molecule has 0 unspecified atom stereocenters. The molecule has 0 heterocycles. The average Bonchev–Trinajstić information content (AvgIpc) is 2.59. The molecule has 2 N–H and O–H groups in total. The third-order valence-corrected chi connectivity index (χ3v) is 5.18. The van der Waals surface area contributed by atoms with Gasteiger partial charge in [-0.05, 0) is 43.7 Å². The van der Waals surface area contributed by atoms with Crippen molar-refractivity contribution < 1.29 is 17.9 Å². The molecule has 0 saturated heterocycles. The van der Waals surface area contributed by atoms with E-state index in [4.69, 9.17) is 4.74 Å². The van der Waals surface area contributed by atoms with Gasteiger partial charge in [0, 0.05) is 18.7 Å². The number of benzene rings is 2. The quantitative estimate of drug-likeness (QED) is 0.738. The topological polar surface area (TPSA) is 84.5 Å². The number of aryl methyl sites for hydroxylation is 2. The molecule has 0 atom stereocenters. The monoisotopic (exact) mass is 362 g/mol. The van der Waals surface area contributed by atoms with Gasteiger partial charge in [-0.3, -0.25) is 4.79 Å². The molecular weight excluding hydrogens is 340 g/mol. The number of ether oxygens (including phenoxy) is 1. The molecule has 0 aliphatic rings. The van der Waals surface area contributed by atoms with Gasteiger partial charge in [0.25, 0.3) is 5.91 Å². The Labute approximate surface area is 148 Å². The Kier molecular flexibility index (Phi) is 6.17. The minimum atomic E-state index is -3.58. The van der Waals surface area contributed by atoms with Crippen molar-refractivity contribution in [1.29, 1.82) is 0 Å². The summed E-state index contributed by atoms with van der Waals surface area (Å²) in [5.41, 5.74) is 2.38. The zero-order valence-electron chi connectivity index (χ0n) is 14.5. The van der Waals surface area contributed by atoms with Crippen LogP contribution >= 0.6 is 0 Å². The molecule has 0 aliphatic carbocycles. The van der Waals surface area contributed by atoms with Crippen LogP contribution in [0.3, 0.4) is 0 Å². The van der Waals surface area contributed by atoms with E-state index in [-0.39, 0.29) is 23.9 Å². The molecule has 7 heteroatoms. The van der Waals surface area contributed by atoms with Crippen LogP contribution in [0.2, 0.25) is 0 Å². The molecule has 0 aliphatic heterocycles. The third-order valence-electron chi connectivity index (χ3n) is 3.70. The summed E-state index contributed by atoms with van der Waals surface area (Å²) in [5, 5.41) is 2.68. The highest BCUT2D eigenvalue weighted by Crippen LogP contribution is 2.18. The Morgan fingerprint density at radius 1 is 1.04 bits per heavy atom. The molecule has 6 nitrogen and oxygen atoms in total. The summed E-state index contributed by atoms with van der Waals surface area (Å²) >= 11 is 0. The average molecular weight is 362 g/mol. The predicted molar refractivity (Wildman–Crippen MR) is 96.4 cm³/mol. The lowest BCUT2D eigenvalue weighted by Gasteiger charge is -2.10. The Morgan fingerprint density at radius 3 is 2.36 bits per heavy atom. The first-order chi connectivity index (χ1) is 11.8. The van der Waals surface area contributed by atoms with Crippen LogP contribution in [0.4, 0.5) is 0 Å². The van der Waals surface area contributed by atoms with Crippen LogP contribution in [0, 0.1) is 13.8 Å². The Morgan fingerprint density at radius 2 is 1.72 bits per heavy atom. The minimum Gasteiger partial charge on any atom is -0.496 e. The van der Waals surface area contributed by atoms with Crippen molar-refractivity contribution in [3.05, 3.63) is 59.2 Å². The second-order valence-electron chi connectivity index (χ2n) is 5.65. The first kappa shape index (κ1) is 19.0. The number of hydrogen-bond acceptors (Lipinski definition) is 4. The maximum absolute atomic E-state index is 12.1. The second kappa shape index (κ2) is 8.13. The zero-order chi connectivity index (χ0) is 18.4. The molecule has 0 saturated carbocycles. The van der Waals surface area contributed by atoms with Crippen molar-refractivity contribution in [3.63, 3.8) is 0 Å². The Bertz CT molecular complexity index is 846. The van der Waals surface area contributed by atoms with E-state index in [0.717, 1.165) is 11.1 Å². The highest BCUT2D eigenvalue weighted by Gasteiger charge is 2.13. The van der Waals surface area contributed by atoms with Gasteiger partial charge in [0.15, 0.2) is 0 Å². The fourth-order valence-corrected chi connectivity index (χ4v) is 3.26.